The van der Waals surface area contributed by atoms with Gasteiger partial charge < -0.3 is 9.80 Å². The van der Waals surface area contributed by atoms with E-state index >= 15 is 0 Å². The van der Waals surface area contributed by atoms with Gasteiger partial charge in [0.15, 0.2) is 10.3 Å². The van der Waals surface area contributed by atoms with Crippen LogP contribution < -0.4 is 20.8 Å². The number of sulfonamides is 2. The Morgan fingerprint density at radius 1 is 0.714 bits per heavy atom. The zero-order valence-corrected chi connectivity index (χ0v) is 31.5. The molecule has 2 aliphatic rings. The van der Waals surface area contributed by atoms with Crippen LogP contribution in [0, 0.1) is 0 Å². The maximum Gasteiger partial charge on any atom is 0.286 e. The molecule has 6 rings (SSSR count). The number of amides is 2. The lowest BCUT2D eigenvalue weighted by atomic mass is 10.4. The van der Waals surface area contributed by atoms with E-state index in [0.717, 1.165) is 26.5 Å². The van der Waals surface area contributed by atoms with E-state index in [1.165, 1.54) is 38.4 Å². The molecule has 0 unspecified atom stereocenters. The van der Waals surface area contributed by atoms with Crippen LogP contribution in [0.15, 0.2) is 61.7 Å². The monoisotopic (exact) mass is 854 g/mol. The van der Waals surface area contributed by atoms with Gasteiger partial charge in [-0.15, -0.1) is 11.3 Å². The SMILES string of the molecule is O=C(NO)c1cnc(N2CCN(S(=O)(=O)c3ccc(Br)s3)CC2)s1.O=C(NO)c1cnc(N2CCN(S(=O)(=O)c3ccccc3Cl)CC2)s1. The van der Waals surface area contributed by atoms with Gasteiger partial charge in [-0.05, 0) is 40.2 Å². The highest BCUT2D eigenvalue weighted by atomic mass is 79.9. The predicted molar refractivity (Wildman–Crippen MR) is 188 cm³/mol. The van der Waals surface area contributed by atoms with Gasteiger partial charge in [-0.25, -0.2) is 37.8 Å². The second-order valence-corrected chi connectivity index (χ2v) is 19.1. The predicted octanol–water partition coefficient (Wildman–Crippen LogP) is 3.02. The van der Waals surface area contributed by atoms with Crippen molar-refractivity contribution in [3.63, 3.8) is 0 Å². The molecular formula is C26H28BrClN8O8S5. The highest BCUT2D eigenvalue weighted by Crippen LogP contribution is 2.31. The summed E-state index contributed by atoms with van der Waals surface area (Å²) in [4.78, 5) is 35.5. The van der Waals surface area contributed by atoms with Gasteiger partial charge in [0.05, 0.1) is 21.2 Å². The third kappa shape index (κ3) is 8.58. The Morgan fingerprint density at radius 3 is 1.61 bits per heavy atom. The van der Waals surface area contributed by atoms with E-state index in [-0.39, 0.29) is 27.9 Å². The summed E-state index contributed by atoms with van der Waals surface area (Å²) >= 11 is 12.8. The molecule has 0 atom stereocenters. The van der Waals surface area contributed by atoms with Crippen molar-refractivity contribution >= 4 is 104 Å². The van der Waals surface area contributed by atoms with Crippen LogP contribution in [0.4, 0.5) is 10.3 Å². The number of aromatic nitrogens is 2. The van der Waals surface area contributed by atoms with Gasteiger partial charge in [0.2, 0.25) is 10.0 Å². The number of hydrogen-bond donors (Lipinski definition) is 4. The summed E-state index contributed by atoms with van der Waals surface area (Å²) in [6.45, 7) is 3.12. The highest BCUT2D eigenvalue weighted by Gasteiger charge is 2.32. The highest BCUT2D eigenvalue weighted by molar-refractivity contribution is 9.11. The minimum Gasteiger partial charge on any atom is -0.345 e. The molecule has 2 saturated heterocycles. The molecule has 0 radical (unpaired) electrons. The molecule has 23 heteroatoms. The van der Waals surface area contributed by atoms with E-state index < -0.39 is 31.9 Å². The van der Waals surface area contributed by atoms with Gasteiger partial charge in [-0.3, -0.25) is 20.0 Å². The van der Waals surface area contributed by atoms with Gasteiger partial charge in [-0.1, -0.05) is 46.4 Å². The third-order valence-corrected chi connectivity index (χ3v) is 15.8. The molecule has 0 spiro atoms. The number of halogens is 2. The molecule has 5 heterocycles. The molecule has 3 aromatic heterocycles. The molecule has 16 nitrogen and oxygen atoms in total. The molecule has 4 aromatic rings. The second kappa shape index (κ2) is 16.1. The Hall–Kier alpha value is -2.77. The van der Waals surface area contributed by atoms with Crippen molar-refractivity contribution in [3.05, 3.63) is 67.4 Å². The molecule has 264 valence electrons. The van der Waals surface area contributed by atoms with Gasteiger partial charge in [-0.2, -0.15) is 8.61 Å². The number of carbonyl (C=O) groups is 2. The van der Waals surface area contributed by atoms with Crippen LogP contribution in [-0.4, -0.2) is 110 Å². The minimum atomic E-state index is -3.65. The van der Waals surface area contributed by atoms with Crippen molar-refractivity contribution in [1.82, 2.24) is 29.5 Å². The summed E-state index contributed by atoms with van der Waals surface area (Å²) in [5.41, 5.74) is 3.13. The van der Waals surface area contributed by atoms with Crippen LogP contribution in [0.3, 0.4) is 0 Å². The largest absolute Gasteiger partial charge is 0.345 e. The summed E-state index contributed by atoms with van der Waals surface area (Å²) in [6.07, 6.45) is 2.76. The number of thiazole rings is 2. The van der Waals surface area contributed by atoms with E-state index in [1.54, 1.807) is 41.3 Å². The third-order valence-electron chi connectivity index (χ3n) is 7.25. The maximum absolute atomic E-state index is 12.7. The van der Waals surface area contributed by atoms with Gasteiger partial charge in [0.1, 0.15) is 18.9 Å². The summed E-state index contributed by atoms with van der Waals surface area (Å²) in [7, 11) is -7.13. The summed E-state index contributed by atoms with van der Waals surface area (Å²) in [5.74, 6) is -1.23. The Kier molecular flexibility index (Phi) is 12.3. The lowest BCUT2D eigenvalue weighted by Gasteiger charge is -2.33. The molecule has 49 heavy (non-hydrogen) atoms. The summed E-state index contributed by atoms with van der Waals surface area (Å²) in [5, 5.41) is 18.7. The zero-order valence-electron chi connectivity index (χ0n) is 25.1. The Balaban J connectivity index is 0.000000191. The van der Waals surface area contributed by atoms with Crippen molar-refractivity contribution in [2.45, 2.75) is 9.10 Å². The van der Waals surface area contributed by atoms with E-state index in [0.29, 0.717) is 58.6 Å². The number of hydroxylamine groups is 2. The molecule has 2 fully saturated rings. The van der Waals surface area contributed by atoms with Crippen LogP contribution in [0.25, 0.3) is 0 Å². The van der Waals surface area contributed by atoms with Crippen molar-refractivity contribution in [2.75, 3.05) is 62.2 Å². The number of thiophene rings is 1. The number of rotatable bonds is 8. The van der Waals surface area contributed by atoms with E-state index in [9.17, 15) is 26.4 Å². The number of nitrogens with zero attached hydrogens (tertiary/aromatic N) is 6. The average molecular weight is 856 g/mol. The fraction of sp³-hybridized carbons (Fsp3) is 0.308. The van der Waals surface area contributed by atoms with Gasteiger partial charge in [0, 0.05) is 52.4 Å². The molecule has 4 N–H and O–H groups in total. The Labute approximate surface area is 306 Å². The molecule has 2 amide bonds. The second-order valence-electron chi connectivity index (χ2n) is 10.2. The number of anilines is 2. The zero-order chi connectivity index (χ0) is 35.3. The normalized spacial score (nSPS) is 16.2. The van der Waals surface area contributed by atoms with Crippen LogP contribution in [0.1, 0.15) is 19.3 Å². The fourth-order valence-electron chi connectivity index (χ4n) is 4.74. The number of nitrogens with one attached hydrogen (secondary N) is 2. The molecule has 0 aliphatic carbocycles. The smallest absolute Gasteiger partial charge is 0.286 e. The lowest BCUT2D eigenvalue weighted by Crippen LogP contribution is -2.48. The molecule has 0 bridgehead atoms. The summed E-state index contributed by atoms with van der Waals surface area (Å²) in [6, 6.07) is 9.67. The van der Waals surface area contributed by atoms with Crippen LogP contribution in [-0.2, 0) is 20.0 Å². The number of hydrogen-bond acceptors (Lipinski definition) is 15. The van der Waals surface area contributed by atoms with Crippen molar-refractivity contribution in [1.29, 1.82) is 0 Å². The van der Waals surface area contributed by atoms with E-state index in [1.807, 2.05) is 9.80 Å². The minimum absolute atomic E-state index is 0.0984. The Morgan fingerprint density at radius 2 is 1.18 bits per heavy atom. The van der Waals surface area contributed by atoms with Crippen molar-refractivity contribution in [2.24, 2.45) is 0 Å². The van der Waals surface area contributed by atoms with E-state index in [2.05, 4.69) is 25.9 Å². The first-order chi connectivity index (χ1) is 23.3. The lowest BCUT2D eigenvalue weighted by molar-refractivity contribution is 0.0706. The van der Waals surface area contributed by atoms with Crippen LogP contribution in [0.2, 0.25) is 5.02 Å². The number of carbonyl (C=O) groups excluding carboxylic acids is 2. The van der Waals surface area contributed by atoms with Crippen LogP contribution >= 0.6 is 61.5 Å². The topological polar surface area (TPSA) is 206 Å². The first-order valence-corrected chi connectivity index (χ1v) is 20.7. The molecule has 1 aromatic carbocycles. The Bertz CT molecular complexity index is 2010. The average Bonchev–Trinajstić information content (AvgIpc) is 3.90. The molecule has 0 saturated carbocycles. The number of piperazine rings is 2. The van der Waals surface area contributed by atoms with Gasteiger partial charge >= 0.3 is 0 Å². The first-order valence-electron chi connectivity index (χ1n) is 14.2. The fourth-order valence-corrected chi connectivity index (χ4v) is 12.0. The first kappa shape index (κ1) is 37.5. The van der Waals surface area contributed by atoms with Crippen molar-refractivity contribution < 1.29 is 36.8 Å². The number of benzene rings is 1. The quantitative estimate of drug-likeness (QED) is 0.149. The van der Waals surface area contributed by atoms with E-state index in [4.69, 9.17) is 22.0 Å². The summed E-state index contributed by atoms with van der Waals surface area (Å²) < 4.78 is 54.5. The van der Waals surface area contributed by atoms with Crippen molar-refractivity contribution in [3.8, 4) is 0 Å². The molecular weight excluding hydrogens is 828 g/mol. The van der Waals surface area contributed by atoms with Gasteiger partial charge in [0.25, 0.3) is 21.8 Å². The maximum atomic E-state index is 12.7. The standard InChI is InChI=1S/C14H15ClN4O4S2.C12H13BrN4O4S3/c15-10-3-1-2-4-12(10)25(22,23)19-7-5-18(6-8-19)14-16-9-11(24-14)13(20)17-21;13-9-1-2-10(23-9)24(20,21)17-5-3-16(4-6-17)12-14-7-8(22-12)11(18)15-19/h1-4,9,21H,5-8H2,(H,17,20);1-2,7,19H,3-6H2,(H,15,18). The molecule has 2 aliphatic heterocycles. The van der Waals surface area contributed by atoms with Crippen LogP contribution in [0.5, 0.6) is 0 Å².